The molecule has 0 saturated carbocycles. The fourth-order valence-corrected chi connectivity index (χ4v) is 4.08. The van der Waals surface area contributed by atoms with E-state index in [9.17, 15) is 14.4 Å². The third kappa shape index (κ3) is 6.03. The first kappa shape index (κ1) is 25.6. The second kappa shape index (κ2) is 10.3. The van der Waals surface area contributed by atoms with E-state index in [4.69, 9.17) is 5.73 Å². The van der Waals surface area contributed by atoms with Gasteiger partial charge in [0.25, 0.3) is 11.5 Å². The summed E-state index contributed by atoms with van der Waals surface area (Å²) in [6.07, 6.45) is 0. The Kier molecular flexibility index (Phi) is 7.10. The van der Waals surface area contributed by atoms with Gasteiger partial charge in [-0.15, -0.1) is 0 Å². The molecule has 0 bridgehead atoms. The number of H-pyrrole nitrogens is 1. The highest BCUT2D eigenvalue weighted by molar-refractivity contribution is 6.06. The molecule has 2 amide bonds. The predicted octanol–water partition coefficient (Wildman–Crippen LogP) is 2.52. The Balaban J connectivity index is 1.56. The Bertz CT molecular complexity index is 1500. The maximum atomic E-state index is 13.5. The van der Waals surface area contributed by atoms with E-state index < -0.39 is 23.3 Å². The number of nitrogens with zero attached hydrogens (tertiary/aromatic N) is 3. The number of nitrogens with one attached hydrogen (secondary N) is 3. The minimum absolute atomic E-state index is 0.0252. The Morgan fingerprint density at radius 3 is 2.49 bits per heavy atom. The Hall–Kier alpha value is -4.47. The van der Waals surface area contributed by atoms with E-state index in [0.29, 0.717) is 29.1 Å². The number of carbonyl (C=O) groups is 2. The zero-order chi connectivity index (χ0) is 26.7. The van der Waals surface area contributed by atoms with Crippen molar-refractivity contribution < 1.29 is 9.59 Å². The predicted molar refractivity (Wildman–Crippen MR) is 142 cm³/mol. The molecule has 0 spiro atoms. The van der Waals surface area contributed by atoms with Gasteiger partial charge in [-0.3, -0.25) is 19.1 Å². The van der Waals surface area contributed by atoms with Gasteiger partial charge in [-0.25, -0.2) is 4.98 Å². The number of aryl methyl sites for hydroxylation is 1. The Morgan fingerprint density at radius 1 is 1.11 bits per heavy atom. The van der Waals surface area contributed by atoms with Crippen molar-refractivity contribution in [2.45, 2.75) is 46.8 Å². The van der Waals surface area contributed by atoms with Gasteiger partial charge in [-0.2, -0.15) is 5.10 Å². The number of nitrogen functional groups attached to an aromatic ring is 1. The molecular weight excluding hydrogens is 470 g/mol. The summed E-state index contributed by atoms with van der Waals surface area (Å²) >= 11 is 0. The van der Waals surface area contributed by atoms with Crippen LogP contribution in [0.4, 0.5) is 5.69 Å². The lowest BCUT2D eigenvalue weighted by Crippen LogP contribution is -2.53. The molecule has 0 aliphatic carbocycles. The van der Waals surface area contributed by atoms with Crippen LogP contribution in [0.1, 0.15) is 48.3 Å². The molecule has 37 heavy (non-hydrogen) atoms. The number of benzene rings is 2. The second-order valence-electron chi connectivity index (χ2n) is 10.1. The smallest absolute Gasteiger partial charge is 0.273 e. The number of anilines is 1. The minimum Gasteiger partial charge on any atom is -0.399 e. The standard InChI is InChI=1S/C27H31N7O3/c1-16-13-22(35)31-21(30-16)14-29-26(37)24(27(2,3)4)32-25(36)23-19-7-5-6-8-20(19)34(33-23)15-17-9-11-18(28)12-10-17/h5-13,24H,14-15,28H2,1-4H3,(H,29,37)(H,32,36)(H,30,31,35). The maximum absolute atomic E-state index is 13.5. The summed E-state index contributed by atoms with van der Waals surface area (Å²) in [6.45, 7) is 7.78. The first-order valence-corrected chi connectivity index (χ1v) is 12.0. The van der Waals surface area contributed by atoms with Crippen LogP contribution in [0.15, 0.2) is 59.4 Å². The lowest BCUT2D eigenvalue weighted by Gasteiger charge is -2.30. The van der Waals surface area contributed by atoms with Gasteiger partial charge in [-0.05, 0) is 36.1 Å². The molecule has 0 fully saturated rings. The van der Waals surface area contributed by atoms with Crippen molar-refractivity contribution in [1.29, 1.82) is 0 Å². The zero-order valence-corrected chi connectivity index (χ0v) is 21.3. The lowest BCUT2D eigenvalue weighted by atomic mass is 9.86. The van der Waals surface area contributed by atoms with Crippen molar-refractivity contribution in [3.63, 3.8) is 0 Å². The van der Waals surface area contributed by atoms with Gasteiger partial charge in [0.15, 0.2) is 5.69 Å². The van der Waals surface area contributed by atoms with E-state index in [2.05, 4.69) is 25.7 Å². The number of para-hydroxylation sites is 1. The number of aromatic amines is 1. The molecule has 192 valence electrons. The summed E-state index contributed by atoms with van der Waals surface area (Å²) in [6, 6.07) is 15.5. The molecule has 0 radical (unpaired) electrons. The first-order valence-electron chi connectivity index (χ1n) is 12.0. The number of hydrogen-bond acceptors (Lipinski definition) is 6. The number of rotatable bonds is 7. The van der Waals surface area contributed by atoms with Crippen LogP contribution in [0.25, 0.3) is 10.9 Å². The summed E-state index contributed by atoms with van der Waals surface area (Å²) in [5.74, 6) is -0.509. The Morgan fingerprint density at radius 2 is 1.81 bits per heavy atom. The molecule has 1 unspecified atom stereocenters. The molecule has 4 aromatic rings. The number of fused-ring (bicyclic) bond motifs is 1. The molecule has 4 rings (SSSR count). The van der Waals surface area contributed by atoms with Crippen molar-refractivity contribution >= 4 is 28.4 Å². The molecule has 0 aliphatic rings. The van der Waals surface area contributed by atoms with Crippen LogP contribution < -0.4 is 21.9 Å². The van der Waals surface area contributed by atoms with Crippen LogP contribution in [0.5, 0.6) is 0 Å². The minimum atomic E-state index is -0.863. The fourth-order valence-electron chi connectivity index (χ4n) is 4.08. The van der Waals surface area contributed by atoms with Crippen LogP contribution in [0.3, 0.4) is 0 Å². The van der Waals surface area contributed by atoms with Gasteiger partial charge >= 0.3 is 0 Å². The second-order valence-corrected chi connectivity index (χ2v) is 10.1. The van der Waals surface area contributed by atoms with Crippen LogP contribution in [-0.2, 0) is 17.9 Å². The molecule has 2 aromatic carbocycles. The number of hydrogen-bond donors (Lipinski definition) is 4. The molecule has 10 nitrogen and oxygen atoms in total. The number of aromatic nitrogens is 4. The third-order valence-electron chi connectivity index (χ3n) is 5.94. The first-order chi connectivity index (χ1) is 17.5. The largest absolute Gasteiger partial charge is 0.399 e. The van der Waals surface area contributed by atoms with Crippen LogP contribution in [0.2, 0.25) is 0 Å². The summed E-state index contributed by atoms with van der Waals surface area (Å²) < 4.78 is 1.77. The monoisotopic (exact) mass is 501 g/mol. The number of amides is 2. The van der Waals surface area contributed by atoms with Gasteiger partial charge in [0, 0.05) is 22.8 Å². The molecular formula is C27H31N7O3. The van der Waals surface area contributed by atoms with Gasteiger partial charge in [0.05, 0.1) is 18.6 Å². The summed E-state index contributed by atoms with van der Waals surface area (Å²) in [7, 11) is 0. The van der Waals surface area contributed by atoms with Gasteiger partial charge in [0.2, 0.25) is 5.91 Å². The van der Waals surface area contributed by atoms with Crippen molar-refractivity contribution in [3.8, 4) is 0 Å². The topological polar surface area (TPSA) is 148 Å². The summed E-state index contributed by atoms with van der Waals surface area (Å²) in [5, 5.41) is 10.9. The normalized spacial score (nSPS) is 12.3. The third-order valence-corrected chi connectivity index (χ3v) is 5.94. The molecule has 2 aromatic heterocycles. The van der Waals surface area contributed by atoms with E-state index >= 15 is 0 Å². The quantitative estimate of drug-likeness (QED) is 0.286. The van der Waals surface area contributed by atoms with Crippen molar-refractivity contribution in [2.24, 2.45) is 5.41 Å². The number of carbonyl (C=O) groups excluding carboxylic acids is 2. The number of nitrogens with two attached hydrogens (primary N) is 1. The SMILES string of the molecule is Cc1cc(=O)[nH]c(CNC(=O)C(NC(=O)c2nn(Cc3ccc(N)cc3)c3ccccc23)C(C)(C)C)n1. The average Bonchev–Trinajstić information content (AvgIpc) is 3.19. The van der Waals surface area contributed by atoms with Crippen molar-refractivity contribution in [2.75, 3.05) is 5.73 Å². The highest BCUT2D eigenvalue weighted by Gasteiger charge is 2.34. The van der Waals surface area contributed by atoms with Crippen LogP contribution in [-0.4, -0.2) is 37.6 Å². The molecule has 10 heteroatoms. The molecule has 0 aliphatic heterocycles. The van der Waals surface area contributed by atoms with Gasteiger partial charge < -0.3 is 21.4 Å². The van der Waals surface area contributed by atoms with E-state index in [1.807, 2.05) is 69.3 Å². The van der Waals surface area contributed by atoms with Gasteiger partial charge in [0.1, 0.15) is 11.9 Å². The molecule has 2 heterocycles. The molecule has 1 atom stereocenters. The summed E-state index contributed by atoms with van der Waals surface area (Å²) in [5.41, 5.74) is 8.15. The van der Waals surface area contributed by atoms with Crippen LogP contribution >= 0.6 is 0 Å². The lowest BCUT2D eigenvalue weighted by molar-refractivity contribution is -0.125. The van der Waals surface area contributed by atoms with Crippen molar-refractivity contribution in [1.82, 2.24) is 30.4 Å². The average molecular weight is 502 g/mol. The molecule has 5 N–H and O–H groups in total. The van der Waals surface area contributed by atoms with Gasteiger partial charge in [-0.1, -0.05) is 51.1 Å². The van der Waals surface area contributed by atoms with Crippen LogP contribution in [0, 0.1) is 12.3 Å². The highest BCUT2D eigenvalue weighted by atomic mass is 16.2. The highest BCUT2D eigenvalue weighted by Crippen LogP contribution is 2.23. The zero-order valence-electron chi connectivity index (χ0n) is 21.3. The summed E-state index contributed by atoms with van der Waals surface area (Å²) in [4.78, 5) is 45.2. The molecule has 0 saturated heterocycles. The Labute approximate surface area is 214 Å². The van der Waals surface area contributed by atoms with Crippen molar-refractivity contribution in [3.05, 3.63) is 87.7 Å². The van der Waals surface area contributed by atoms with E-state index in [1.165, 1.54) is 6.07 Å². The van der Waals surface area contributed by atoms with E-state index in [1.54, 1.807) is 11.6 Å². The fraction of sp³-hybridized carbons (Fsp3) is 0.296. The maximum Gasteiger partial charge on any atom is 0.273 e. The van der Waals surface area contributed by atoms with E-state index in [-0.39, 0.29) is 17.8 Å². The van der Waals surface area contributed by atoms with E-state index in [0.717, 1.165) is 11.1 Å².